The molecule has 0 aromatic rings. The van der Waals surface area contributed by atoms with Crippen LogP contribution in [0.2, 0.25) is 0 Å². The van der Waals surface area contributed by atoms with Crippen LogP contribution in [0.3, 0.4) is 0 Å². The highest BCUT2D eigenvalue weighted by Gasteiger charge is 2.54. The first-order chi connectivity index (χ1) is 20.3. The van der Waals surface area contributed by atoms with Crippen molar-refractivity contribution in [2.75, 3.05) is 46.9 Å². The van der Waals surface area contributed by atoms with E-state index >= 15 is 0 Å². The summed E-state index contributed by atoms with van der Waals surface area (Å²) in [4.78, 5) is 4.74. The highest BCUT2D eigenvalue weighted by molar-refractivity contribution is 5.80. The Morgan fingerprint density at radius 2 is 1.58 bits per heavy atom. The average molecular weight is 625 g/mol. The topological polar surface area (TPSA) is 90.9 Å². The summed E-state index contributed by atoms with van der Waals surface area (Å²) in [7, 11) is 3.41. The summed E-state index contributed by atoms with van der Waals surface area (Å²) in [5.41, 5.74) is 0. The number of nitrogens with zero attached hydrogens (tertiary/aromatic N) is 3. The number of rotatable bonds is 7. The average Bonchev–Trinajstić information content (AvgIpc) is 3.68. The predicted molar refractivity (Wildman–Crippen MR) is 148 cm³/mol. The van der Waals surface area contributed by atoms with Gasteiger partial charge in [-0.2, -0.15) is 26.3 Å². The van der Waals surface area contributed by atoms with Gasteiger partial charge in [-0.05, 0) is 82.2 Å². The fraction of sp³-hybridized carbons (Fsp3) is 0.964. The maximum atomic E-state index is 13.7. The molecule has 6 rings (SSSR count). The smallest absolute Gasteiger partial charge is 0.366 e. The van der Waals surface area contributed by atoms with Crippen molar-refractivity contribution < 1.29 is 31.1 Å². The van der Waals surface area contributed by atoms with Gasteiger partial charge in [-0.3, -0.25) is 31.6 Å². The molecule has 15 heteroatoms. The number of hydrogen-bond donors (Lipinski definition) is 5. The van der Waals surface area contributed by atoms with Crippen molar-refractivity contribution in [3.05, 3.63) is 0 Å². The number of ether oxygens (including phenoxy) is 1. The van der Waals surface area contributed by atoms with E-state index in [-0.39, 0.29) is 48.8 Å². The number of nitrogens with one attached hydrogen (secondary N) is 5. The van der Waals surface area contributed by atoms with E-state index in [9.17, 15) is 26.3 Å². The van der Waals surface area contributed by atoms with Gasteiger partial charge >= 0.3 is 12.4 Å². The molecule has 9 nitrogen and oxygen atoms in total. The molecule has 2 aliphatic carbocycles. The van der Waals surface area contributed by atoms with Gasteiger partial charge < -0.3 is 14.5 Å². The Balaban J connectivity index is 1.14. The lowest BCUT2D eigenvalue weighted by Gasteiger charge is -2.48. The molecule has 0 spiro atoms. The van der Waals surface area contributed by atoms with Crippen molar-refractivity contribution in [1.29, 1.82) is 5.41 Å². The van der Waals surface area contributed by atoms with Gasteiger partial charge in [0, 0.05) is 32.7 Å². The standard InChI is InChI=1S/C28H46F6N8O/c1-40-13-20(28(32,33)34)38-23(40)17-5-3-15(4-6-17)12-41-24-19(42(26(41)35)14-27(29,30)31)11-37-22(39-24)21-18(16-7-8-16)9-10-36-25(21)43-2/h15-25,35-39H,3-14H2,1-2H3. The van der Waals surface area contributed by atoms with Crippen LogP contribution >= 0.6 is 0 Å². The number of piperidine rings is 1. The van der Waals surface area contributed by atoms with E-state index in [1.807, 2.05) is 4.90 Å². The molecule has 4 heterocycles. The molecule has 0 bridgehead atoms. The van der Waals surface area contributed by atoms with Crippen molar-refractivity contribution in [2.45, 2.75) is 94.1 Å². The number of fused-ring (bicyclic) bond motifs is 1. The molecule has 6 aliphatic rings. The van der Waals surface area contributed by atoms with Gasteiger partial charge in [0.25, 0.3) is 0 Å². The van der Waals surface area contributed by atoms with Gasteiger partial charge in [0.1, 0.15) is 25.0 Å². The molecular formula is C28H46F6N8O. The van der Waals surface area contributed by atoms with Crippen LogP contribution in [0, 0.1) is 35.0 Å². The first-order valence-corrected chi connectivity index (χ1v) is 15.8. The fourth-order valence-corrected chi connectivity index (χ4v) is 8.71. The minimum absolute atomic E-state index is 0.0694. The van der Waals surface area contributed by atoms with E-state index in [4.69, 9.17) is 10.1 Å². The molecule has 6 fully saturated rings. The Morgan fingerprint density at radius 1 is 0.884 bits per heavy atom. The maximum Gasteiger partial charge on any atom is 0.406 e. The molecule has 8 atom stereocenters. The lowest BCUT2D eigenvalue weighted by Crippen LogP contribution is -2.70. The van der Waals surface area contributed by atoms with E-state index in [1.165, 1.54) is 17.7 Å². The number of guanidine groups is 1. The summed E-state index contributed by atoms with van der Waals surface area (Å²) < 4.78 is 86.8. The molecule has 43 heavy (non-hydrogen) atoms. The number of alkyl halides is 6. The summed E-state index contributed by atoms with van der Waals surface area (Å²) in [5, 5.41) is 22.3. The first kappa shape index (κ1) is 31.6. The third-order valence-corrected chi connectivity index (χ3v) is 10.9. The Bertz CT molecular complexity index is 989. The van der Waals surface area contributed by atoms with E-state index in [2.05, 4.69) is 21.3 Å². The Morgan fingerprint density at radius 3 is 2.19 bits per heavy atom. The minimum Gasteiger partial charge on any atom is -0.366 e. The van der Waals surface area contributed by atoms with Crippen LogP contribution in [0.4, 0.5) is 26.3 Å². The van der Waals surface area contributed by atoms with Gasteiger partial charge in [-0.15, -0.1) is 0 Å². The molecule has 8 unspecified atom stereocenters. The second-order valence-corrected chi connectivity index (χ2v) is 13.7. The van der Waals surface area contributed by atoms with Crippen LogP contribution in [0.1, 0.15) is 44.9 Å². The fourth-order valence-electron chi connectivity index (χ4n) is 8.71. The van der Waals surface area contributed by atoms with E-state index in [1.54, 1.807) is 19.1 Å². The first-order valence-electron chi connectivity index (χ1n) is 15.8. The molecule has 0 amide bonds. The monoisotopic (exact) mass is 624 g/mol. The number of halogens is 6. The molecule has 5 N–H and O–H groups in total. The molecule has 4 saturated heterocycles. The van der Waals surface area contributed by atoms with Gasteiger partial charge in [0.05, 0.1) is 18.4 Å². The number of methoxy groups -OCH3 is 1. The quantitative estimate of drug-likeness (QED) is 0.277. The lowest BCUT2D eigenvalue weighted by atomic mass is 9.78. The van der Waals surface area contributed by atoms with Crippen molar-refractivity contribution >= 4 is 5.96 Å². The van der Waals surface area contributed by atoms with Crippen molar-refractivity contribution in [1.82, 2.24) is 36.0 Å². The van der Waals surface area contributed by atoms with Crippen LogP contribution in [-0.4, -0.2) is 117 Å². The summed E-state index contributed by atoms with van der Waals surface area (Å²) in [5.74, 6) is 1.30. The number of likely N-dealkylation sites (N-methyl/N-ethyl adjacent to an activating group) is 1. The number of hydrogen-bond acceptors (Lipinski definition) is 7. The van der Waals surface area contributed by atoms with Gasteiger partial charge in [-0.25, -0.2) is 0 Å². The molecule has 0 radical (unpaired) electrons. The van der Waals surface area contributed by atoms with Gasteiger partial charge in [0.15, 0.2) is 5.96 Å². The summed E-state index contributed by atoms with van der Waals surface area (Å²) in [6.07, 6.45) is -3.45. The van der Waals surface area contributed by atoms with Crippen LogP contribution in [-0.2, 0) is 4.74 Å². The zero-order chi connectivity index (χ0) is 30.7. The van der Waals surface area contributed by atoms with Gasteiger partial charge in [-0.1, -0.05) is 0 Å². The highest BCUT2D eigenvalue weighted by atomic mass is 19.4. The Labute approximate surface area is 249 Å². The van der Waals surface area contributed by atoms with E-state index < -0.39 is 37.1 Å². The van der Waals surface area contributed by atoms with E-state index in [0.29, 0.717) is 24.9 Å². The van der Waals surface area contributed by atoms with Crippen LogP contribution in [0.25, 0.3) is 0 Å². The molecule has 246 valence electrons. The molecule has 4 aliphatic heterocycles. The Kier molecular flexibility index (Phi) is 8.88. The van der Waals surface area contributed by atoms with Crippen LogP contribution < -0.4 is 21.3 Å². The third kappa shape index (κ3) is 6.62. The van der Waals surface area contributed by atoms with Crippen molar-refractivity contribution in [3.63, 3.8) is 0 Å². The summed E-state index contributed by atoms with van der Waals surface area (Å²) >= 11 is 0. The second kappa shape index (κ2) is 12.1. The molecule has 2 saturated carbocycles. The summed E-state index contributed by atoms with van der Waals surface area (Å²) in [6.45, 7) is 0.397. The highest BCUT2D eigenvalue weighted by Crippen LogP contribution is 2.46. The lowest BCUT2D eigenvalue weighted by molar-refractivity contribution is -0.150. The van der Waals surface area contributed by atoms with Crippen molar-refractivity contribution in [3.8, 4) is 0 Å². The summed E-state index contributed by atoms with van der Waals surface area (Å²) in [6, 6.07) is -2.08. The molecule has 0 aromatic carbocycles. The SMILES string of the molecule is COC1NCCC(C2CC2)C1C1NCC2C(N1)N(CC1CCC(C3NC(C(F)(F)F)CN3C)CC1)C(=N)N2CC(F)(F)F. The largest absolute Gasteiger partial charge is 0.406 e. The normalized spacial score (nSPS) is 41.6. The predicted octanol–water partition coefficient (Wildman–Crippen LogP) is 2.52. The molecule has 0 aromatic heterocycles. The van der Waals surface area contributed by atoms with Crippen molar-refractivity contribution in [2.24, 2.45) is 29.6 Å². The zero-order valence-electron chi connectivity index (χ0n) is 24.9. The Hall–Kier alpha value is -1.39. The van der Waals surface area contributed by atoms with Gasteiger partial charge in [0.2, 0.25) is 0 Å². The van der Waals surface area contributed by atoms with Crippen LogP contribution in [0.5, 0.6) is 0 Å². The maximum absolute atomic E-state index is 13.7. The van der Waals surface area contributed by atoms with E-state index in [0.717, 1.165) is 38.6 Å². The second-order valence-electron chi connectivity index (χ2n) is 13.7. The third-order valence-electron chi connectivity index (χ3n) is 10.9. The minimum atomic E-state index is -4.44. The zero-order valence-corrected chi connectivity index (χ0v) is 24.9. The molecular weight excluding hydrogens is 578 g/mol. The van der Waals surface area contributed by atoms with Crippen LogP contribution in [0.15, 0.2) is 0 Å².